The van der Waals surface area contributed by atoms with Crippen LogP contribution in [0.25, 0.3) is 0 Å². The van der Waals surface area contributed by atoms with Gasteiger partial charge in [-0.2, -0.15) is 5.26 Å². The van der Waals surface area contributed by atoms with Gasteiger partial charge in [0.15, 0.2) is 0 Å². The van der Waals surface area contributed by atoms with Gasteiger partial charge in [-0.25, -0.2) is 13.1 Å². The van der Waals surface area contributed by atoms with Crippen LogP contribution in [0.3, 0.4) is 0 Å². The summed E-state index contributed by atoms with van der Waals surface area (Å²) in [6.45, 7) is 0.603. The molecular formula is C19H21N3O3S. The highest BCUT2D eigenvalue weighted by Gasteiger charge is 2.14. The molecule has 0 atom stereocenters. The van der Waals surface area contributed by atoms with Gasteiger partial charge in [-0.05, 0) is 42.7 Å². The number of nitrogens with zero attached hydrogens (tertiary/aromatic N) is 1. The molecule has 0 aliphatic rings. The number of sulfonamides is 1. The third-order valence-electron chi connectivity index (χ3n) is 3.73. The third-order valence-corrected chi connectivity index (χ3v) is 5.20. The Morgan fingerprint density at radius 3 is 2.35 bits per heavy atom. The van der Waals surface area contributed by atoms with Gasteiger partial charge in [-0.3, -0.25) is 4.79 Å². The Labute approximate surface area is 153 Å². The van der Waals surface area contributed by atoms with Crippen LogP contribution in [0.1, 0.15) is 28.8 Å². The lowest BCUT2D eigenvalue weighted by molar-refractivity contribution is 0.0953. The number of nitrogens with one attached hydrogen (secondary N) is 2. The minimum absolute atomic E-state index is 0.0580. The number of rotatable bonds is 9. The van der Waals surface area contributed by atoms with Crippen molar-refractivity contribution in [3.8, 4) is 6.07 Å². The van der Waals surface area contributed by atoms with Gasteiger partial charge in [-0.1, -0.05) is 30.3 Å². The van der Waals surface area contributed by atoms with Crippen molar-refractivity contribution < 1.29 is 13.2 Å². The highest BCUT2D eigenvalue weighted by atomic mass is 32.2. The minimum atomic E-state index is -3.66. The average Bonchev–Trinajstić information content (AvgIpc) is 2.66. The van der Waals surface area contributed by atoms with Gasteiger partial charge < -0.3 is 5.32 Å². The molecule has 2 aromatic rings. The Kier molecular flexibility index (Phi) is 7.33. The molecule has 6 nitrogen and oxygen atoms in total. The molecule has 0 aromatic heterocycles. The summed E-state index contributed by atoms with van der Waals surface area (Å²) in [5, 5.41) is 11.3. The number of carbonyl (C=O) groups is 1. The van der Waals surface area contributed by atoms with Crippen LogP contribution >= 0.6 is 0 Å². The second kappa shape index (κ2) is 9.70. The van der Waals surface area contributed by atoms with E-state index in [2.05, 4.69) is 10.0 Å². The zero-order valence-electron chi connectivity index (χ0n) is 14.3. The molecule has 0 aliphatic carbocycles. The van der Waals surface area contributed by atoms with Gasteiger partial charge in [0.05, 0.1) is 11.0 Å². The molecule has 0 saturated carbocycles. The smallest absolute Gasteiger partial charge is 0.251 e. The van der Waals surface area contributed by atoms with Crippen LogP contribution < -0.4 is 10.0 Å². The van der Waals surface area contributed by atoms with E-state index < -0.39 is 10.0 Å². The standard InChI is InChI=1S/C19H21N3O3S/c20-13-5-15-22-26(24,25)18-11-9-17(10-12-18)19(23)21-14-4-8-16-6-2-1-3-7-16/h1-3,6-7,9-12,22H,4-5,8,14-15H2,(H,21,23). The molecule has 1 amide bonds. The zero-order valence-corrected chi connectivity index (χ0v) is 15.1. The normalized spacial score (nSPS) is 10.9. The lowest BCUT2D eigenvalue weighted by atomic mass is 10.1. The third kappa shape index (κ3) is 5.99. The summed E-state index contributed by atoms with van der Waals surface area (Å²) in [5.74, 6) is -0.237. The van der Waals surface area contributed by atoms with Crippen molar-refractivity contribution in [2.45, 2.75) is 24.2 Å². The van der Waals surface area contributed by atoms with Crippen molar-refractivity contribution in [2.24, 2.45) is 0 Å². The first-order valence-electron chi connectivity index (χ1n) is 8.32. The number of benzene rings is 2. The van der Waals surface area contributed by atoms with Crippen molar-refractivity contribution in [1.29, 1.82) is 5.26 Å². The predicted molar refractivity (Wildman–Crippen MR) is 99.0 cm³/mol. The van der Waals surface area contributed by atoms with Crippen LogP contribution in [0.2, 0.25) is 0 Å². The van der Waals surface area contributed by atoms with Crippen LogP contribution in [0.4, 0.5) is 0 Å². The SMILES string of the molecule is N#CCCNS(=O)(=O)c1ccc(C(=O)NCCCc2ccccc2)cc1. The molecule has 7 heteroatoms. The first-order valence-corrected chi connectivity index (χ1v) is 9.80. The molecule has 0 bridgehead atoms. The van der Waals surface area contributed by atoms with E-state index in [1.807, 2.05) is 36.4 Å². The van der Waals surface area contributed by atoms with E-state index in [0.29, 0.717) is 12.1 Å². The fraction of sp³-hybridized carbons (Fsp3) is 0.263. The fourth-order valence-corrected chi connectivity index (χ4v) is 3.38. The van der Waals surface area contributed by atoms with E-state index >= 15 is 0 Å². The first kappa shape index (κ1) is 19.6. The Hall–Kier alpha value is -2.69. The second-order valence-electron chi connectivity index (χ2n) is 5.68. The van der Waals surface area contributed by atoms with Crippen LogP contribution in [0.15, 0.2) is 59.5 Å². The Morgan fingerprint density at radius 1 is 1.00 bits per heavy atom. The zero-order chi connectivity index (χ0) is 18.8. The highest BCUT2D eigenvalue weighted by molar-refractivity contribution is 7.89. The number of hydrogen-bond donors (Lipinski definition) is 2. The molecule has 2 aromatic carbocycles. The Morgan fingerprint density at radius 2 is 1.69 bits per heavy atom. The van der Waals surface area contributed by atoms with Crippen LogP contribution in [0, 0.1) is 11.3 Å². The molecule has 0 spiro atoms. The molecule has 0 radical (unpaired) electrons. The monoisotopic (exact) mass is 371 g/mol. The molecule has 2 N–H and O–H groups in total. The number of aryl methyl sites for hydroxylation is 1. The number of amides is 1. The summed E-state index contributed by atoms with van der Waals surface area (Å²) in [7, 11) is -3.66. The van der Waals surface area contributed by atoms with Gasteiger partial charge >= 0.3 is 0 Å². The Bertz CT molecular complexity index is 857. The summed E-state index contributed by atoms with van der Waals surface area (Å²) in [6.07, 6.45) is 1.81. The molecule has 0 heterocycles. The van der Waals surface area contributed by atoms with Crippen molar-refractivity contribution in [1.82, 2.24) is 10.0 Å². The Balaban J connectivity index is 1.83. The maximum absolute atomic E-state index is 12.1. The quantitative estimate of drug-likeness (QED) is 0.660. The minimum Gasteiger partial charge on any atom is -0.352 e. The van der Waals surface area contributed by atoms with Gasteiger partial charge in [0.2, 0.25) is 10.0 Å². The largest absolute Gasteiger partial charge is 0.352 e. The van der Waals surface area contributed by atoms with Crippen LogP contribution in [0.5, 0.6) is 0 Å². The second-order valence-corrected chi connectivity index (χ2v) is 7.44. The molecule has 0 aliphatic heterocycles. The van der Waals surface area contributed by atoms with E-state index in [0.717, 1.165) is 12.8 Å². The topological polar surface area (TPSA) is 99.1 Å². The summed E-state index contributed by atoms with van der Waals surface area (Å²) < 4.78 is 26.4. The number of hydrogen-bond acceptors (Lipinski definition) is 4. The molecular weight excluding hydrogens is 350 g/mol. The molecule has 0 fully saturated rings. The maximum Gasteiger partial charge on any atom is 0.251 e. The van der Waals surface area contributed by atoms with Crippen molar-refractivity contribution in [3.63, 3.8) is 0 Å². The van der Waals surface area contributed by atoms with E-state index in [4.69, 9.17) is 5.26 Å². The van der Waals surface area contributed by atoms with E-state index in [9.17, 15) is 13.2 Å². The van der Waals surface area contributed by atoms with Gasteiger partial charge in [-0.15, -0.1) is 0 Å². The van der Waals surface area contributed by atoms with E-state index in [1.165, 1.54) is 29.8 Å². The molecule has 0 unspecified atom stereocenters. The average molecular weight is 371 g/mol. The summed E-state index contributed by atoms with van der Waals surface area (Å²) in [4.78, 5) is 12.2. The first-order chi connectivity index (χ1) is 12.5. The molecule has 136 valence electrons. The maximum atomic E-state index is 12.1. The summed E-state index contributed by atoms with van der Waals surface area (Å²) in [5.41, 5.74) is 1.63. The van der Waals surface area contributed by atoms with Gasteiger partial charge in [0.1, 0.15) is 0 Å². The lowest BCUT2D eigenvalue weighted by Crippen LogP contribution is -2.26. The van der Waals surface area contributed by atoms with Gasteiger partial charge in [0, 0.05) is 25.1 Å². The fourth-order valence-electron chi connectivity index (χ4n) is 2.35. The number of nitriles is 1. The lowest BCUT2D eigenvalue weighted by Gasteiger charge is -2.08. The molecule has 0 saturated heterocycles. The summed E-state index contributed by atoms with van der Waals surface area (Å²) >= 11 is 0. The van der Waals surface area contributed by atoms with Crippen molar-refractivity contribution >= 4 is 15.9 Å². The van der Waals surface area contributed by atoms with E-state index in [-0.39, 0.29) is 23.8 Å². The van der Waals surface area contributed by atoms with Gasteiger partial charge in [0.25, 0.3) is 5.91 Å². The van der Waals surface area contributed by atoms with E-state index in [1.54, 1.807) is 0 Å². The van der Waals surface area contributed by atoms with Crippen molar-refractivity contribution in [3.05, 3.63) is 65.7 Å². The predicted octanol–water partition coefficient (Wildman–Crippen LogP) is 2.24. The van der Waals surface area contributed by atoms with Crippen LogP contribution in [-0.2, 0) is 16.4 Å². The number of carbonyl (C=O) groups excluding carboxylic acids is 1. The molecule has 2 rings (SSSR count). The highest BCUT2D eigenvalue weighted by Crippen LogP contribution is 2.10. The van der Waals surface area contributed by atoms with Crippen LogP contribution in [-0.4, -0.2) is 27.4 Å². The molecule has 26 heavy (non-hydrogen) atoms. The summed E-state index contributed by atoms with van der Waals surface area (Å²) in [6, 6.07) is 17.6. The van der Waals surface area contributed by atoms with Crippen molar-refractivity contribution in [2.75, 3.05) is 13.1 Å².